The van der Waals surface area contributed by atoms with Gasteiger partial charge in [0, 0.05) is 38.1 Å². The third-order valence-corrected chi connectivity index (χ3v) is 5.84. The number of nitrogens with zero attached hydrogens (tertiary/aromatic N) is 3. The van der Waals surface area contributed by atoms with Gasteiger partial charge in [-0.15, -0.1) is 0 Å². The second-order valence-corrected chi connectivity index (χ2v) is 8.28. The molecular formula is C18H32BN3O3. The Kier molecular flexibility index (Phi) is 5.58. The largest absolute Gasteiger partial charge is 0.498 e. The molecule has 2 aliphatic heterocycles. The maximum absolute atomic E-state index is 6.09. The van der Waals surface area contributed by atoms with Crippen LogP contribution < -0.4 is 5.46 Å². The van der Waals surface area contributed by atoms with Crippen molar-refractivity contribution in [3.63, 3.8) is 0 Å². The number of aryl methyl sites for hydroxylation is 1. The summed E-state index contributed by atoms with van der Waals surface area (Å²) in [5.74, 6) is 0. The van der Waals surface area contributed by atoms with Crippen LogP contribution in [0.15, 0.2) is 12.4 Å². The SMILES string of the molecule is COC1CCCN(CCCn2cc(B3OC(C)(C)C(C)(C)O3)cn2)C1. The number of likely N-dealkylation sites (tertiary alicyclic amines) is 1. The zero-order chi connectivity index (χ0) is 18.1. The molecule has 0 aliphatic carbocycles. The smallest absolute Gasteiger partial charge is 0.399 e. The van der Waals surface area contributed by atoms with Gasteiger partial charge in [-0.2, -0.15) is 5.10 Å². The molecule has 0 saturated carbocycles. The fraction of sp³-hybridized carbons (Fsp3) is 0.833. The minimum absolute atomic E-state index is 0.314. The highest BCUT2D eigenvalue weighted by molar-refractivity contribution is 6.61. The summed E-state index contributed by atoms with van der Waals surface area (Å²) in [6, 6.07) is 0. The van der Waals surface area contributed by atoms with Crippen LogP contribution in [0.1, 0.15) is 47.0 Å². The van der Waals surface area contributed by atoms with E-state index in [4.69, 9.17) is 14.0 Å². The predicted molar refractivity (Wildman–Crippen MR) is 99.0 cm³/mol. The van der Waals surface area contributed by atoms with E-state index in [1.807, 2.05) is 18.0 Å². The molecule has 1 aromatic heterocycles. The van der Waals surface area contributed by atoms with Crippen molar-refractivity contribution in [2.75, 3.05) is 26.7 Å². The summed E-state index contributed by atoms with van der Waals surface area (Å²) in [4.78, 5) is 2.50. The Hall–Kier alpha value is -0.885. The minimum Gasteiger partial charge on any atom is -0.399 e. The molecule has 7 heteroatoms. The molecule has 0 N–H and O–H groups in total. The first-order valence-electron chi connectivity index (χ1n) is 9.44. The Labute approximate surface area is 151 Å². The Balaban J connectivity index is 1.48. The molecule has 2 fully saturated rings. The van der Waals surface area contributed by atoms with Gasteiger partial charge in [0.25, 0.3) is 0 Å². The molecule has 140 valence electrons. The zero-order valence-corrected chi connectivity index (χ0v) is 16.3. The highest BCUT2D eigenvalue weighted by Gasteiger charge is 2.52. The van der Waals surface area contributed by atoms with Gasteiger partial charge in [-0.25, -0.2) is 0 Å². The summed E-state index contributed by atoms with van der Waals surface area (Å²) in [6.45, 7) is 12.5. The molecule has 0 aromatic carbocycles. The molecule has 0 bridgehead atoms. The van der Waals surface area contributed by atoms with Gasteiger partial charge in [0.1, 0.15) is 0 Å². The van der Waals surface area contributed by atoms with Crippen LogP contribution in [-0.2, 0) is 20.6 Å². The second kappa shape index (κ2) is 7.39. The summed E-state index contributed by atoms with van der Waals surface area (Å²) >= 11 is 0. The normalized spacial score (nSPS) is 26.3. The van der Waals surface area contributed by atoms with E-state index in [9.17, 15) is 0 Å². The van der Waals surface area contributed by atoms with Gasteiger partial charge < -0.3 is 18.9 Å². The Morgan fingerprint density at radius 1 is 1.24 bits per heavy atom. The number of hydrogen-bond donors (Lipinski definition) is 0. The molecule has 25 heavy (non-hydrogen) atoms. The summed E-state index contributed by atoms with van der Waals surface area (Å²) in [5, 5.41) is 4.48. The van der Waals surface area contributed by atoms with E-state index in [0.29, 0.717) is 6.10 Å². The Morgan fingerprint density at radius 3 is 2.64 bits per heavy atom. The molecule has 0 radical (unpaired) electrons. The fourth-order valence-corrected chi connectivity index (χ4v) is 3.47. The van der Waals surface area contributed by atoms with Gasteiger partial charge in [-0.05, 0) is 60.0 Å². The molecule has 1 aromatic rings. The summed E-state index contributed by atoms with van der Waals surface area (Å²) in [6.07, 6.45) is 7.81. The van der Waals surface area contributed by atoms with Crippen LogP contribution >= 0.6 is 0 Å². The maximum atomic E-state index is 6.09. The van der Waals surface area contributed by atoms with Crippen LogP contribution in [-0.4, -0.2) is 65.8 Å². The van der Waals surface area contributed by atoms with E-state index in [0.717, 1.165) is 31.5 Å². The van der Waals surface area contributed by atoms with Crippen molar-refractivity contribution >= 4 is 12.6 Å². The number of methoxy groups -OCH3 is 1. The van der Waals surface area contributed by atoms with Crippen LogP contribution in [0.25, 0.3) is 0 Å². The summed E-state index contributed by atoms with van der Waals surface area (Å²) < 4.78 is 19.7. The first-order valence-corrected chi connectivity index (χ1v) is 9.44. The van der Waals surface area contributed by atoms with Gasteiger partial charge in [0.2, 0.25) is 0 Å². The lowest BCUT2D eigenvalue weighted by Gasteiger charge is -2.32. The van der Waals surface area contributed by atoms with Crippen LogP contribution in [0.5, 0.6) is 0 Å². The Morgan fingerprint density at radius 2 is 1.96 bits per heavy atom. The van der Waals surface area contributed by atoms with E-state index < -0.39 is 0 Å². The van der Waals surface area contributed by atoms with Crippen LogP contribution in [0.2, 0.25) is 0 Å². The maximum Gasteiger partial charge on any atom is 0.498 e. The lowest BCUT2D eigenvalue weighted by molar-refractivity contribution is 0.00578. The molecule has 3 rings (SSSR count). The van der Waals surface area contributed by atoms with Crippen molar-refractivity contribution in [2.45, 2.75) is 70.8 Å². The van der Waals surface area contributed by atoms with E-state index >= 15 is 0 Å². The first-order chi connectivity index (χ1) is 11.8. The van der Waals surface area contributed by atoms with Crippen molar-refractivity contribution in [1.82, 2.24) is 14.7 Å². The molecule has 6 nitrogen and oxygen atoms in total. The summed E-state index contributed by atoms with van der Waals surface area (Å²) in [7, 11) is 1.48. The van der Waals surface area contributed by atoms with Gasteiger partial charge in [0.05, 0.1) is 17.3 Å². The molecule has 2 aliphatic rings. The fourth-order valence-electron chi connectivity index (χ4n) is 3.47. The number of piperidine rings is 1. The number of ether oxygens (including phenoxy) is 1. The highest BCUT2D eigenvalue weighted by atomic mass is 16.7. The topological polar surface area (TPSA) is 48.8 Å². The van der Waals surface area contributed by atoms with Crippen LogP contribution in [0.4, 0.5) is 0 Å². The van der Waals surface area contributed by atoms with Crippen molar-refractivity contribution in [3.05, 3.63) is 12.4 Å². The van der Waals surface area contributed by atoms with Crippen molar-refractivity contribution in [2.24, 2.45) is 0 Å². The van der Waals surface area contributed by atoms with Crippen LogP contribution in [0.3, 0.4) is 0 Å². The van der Waals surface area contributed by atoms with E-state index in [1.165, 1.54) is 19.4 Å². The molecule has 0 spiro atoms. The average Bonchev–Trinajstić information content (AvgIpc) is 3.10. The molecular weight excluding hydrogens is 317 g/mol. The molecule has 3 heterocycles. The average molecular weight is 349 g/mol. The number of hydrogen-bond acceptors (Lipinski definition) is 5. The van der Waals surface area contributed by atoms with E-state index in [-0.39, 0.29) is 18.3 Å². The van der Waals surface area contributed by atoms with Crippen LogP contribution in [0, 0.1) is 0 Å². The molecule has 2 saturated heterocycles. The Bertz CT molecular complexity index is 560. The van der Waals surface area contributed by atoms with Crippen molar-refractivity contribution in [1.29, 1.82) is 0 Å². The number of aromatic nitrogens is 2. The third kappa shape index (κ3) is 4.27. The molecule has 1 unspecified atom stereocenters. The standard InChI is InChI=1S/C18H32BN3O3/c1-17(2)18(3,4)25-19(24-17)15-12-20-22(13-15)11-7-10-21-9-6-8-16(14-21)23-5/h12-13,16H,6-11,14H2,1-5H3. The highest BCUT2D eigenvalue weighted by Crippen LogP contribution is 2.36. The van der Waals surface area contributed by atoms with Gasteiger partial charge in [-0.3, -0.25) is 4.68 Å². The van der Waals surface area contributed by atoms with Crippen molar-refractivity contribution < 1.29 is 14.0 Å². The molecule has 1 atom stereocenters. The van der Waals surface area contributed by atoms with Gasteiger partial charge in [-0.1, -0.05) is 0 Å². The predicted octanol–water partition coefficient (Wildman–Crippen LogP) is 1.68. The molecule has 0 amide bonds. The number of rotatable bonds is 6. The monoisotopic (exact) mass is 349 g/mol. The first kappa shape index (κ1) is 18.9. The quantitative estimate of drug-likeness (QED) is 0.732. The lowest BCUT2D eigenvalue weighted by Crippen LogP contribution is -2.41. The van der Waals surface area contributed by atoms with E-state index in [1.54, 1.807) is 0 Å². The lowest BCUT2D eigenvalue weighted by atomic mass is 9.82. The van der Waals surface area contributed by atoms with Gasteiger partial charge in [0.15, 0.2) is 0 Å². The van der Waals surface area contributed by atoms with E-state index in [2.05, 4.69) is 43.9 Å². The minimum atomic E-state index is -0.330. The van der Waals surface area contributed by atoms with Gasteiger partial charge >= 0.3 is 7.12 Å². The third-order valence-electron chi connectivity index (χ3n) is 5.84. The van der Waals surface area contributed by atoms with Crippen molar-refractivity contribution in [3.8, 4) is 0 Å². The summed E-state index contributed by atoms with van der Waals surface area (Å²) in [5.41, 5.74) is 0.369. The zero-order valence-electron chi connectivity index (χ0n) is 16.3. The second-order valence-electron chi connectivity index (χ2n) is 8.28.